The van der Waals surface area contributed by atoms with Crippen LogP contribution in [0.4, 0.5) is 4.39 Å². The SMILES string of the molecule is C=C(C)C(O)Oc1ccc(-c2ccc(OC(=O)C(C)(C)C)cc2)c(F)c1. The Bertz CT molecular complexity index is 804. The highest BCUT2D eigenvalue weighted by molar-refractivity contribution is 5.78. The Labute approximate surface area is 152 Å². The molecule has 0 aliphatic rings. The topological polar surface area (TPSA) is 55.8 Å². The average Bonchev–Trinajstić information content (AvgIpc) is 2.55. The summed E-state index contributed by atoms with van der Waals surface area (Å²) in [6.07, 6.45) is -1.18. The molecule has 0 saturated carbocycles. The number of benzene rings is 2. The van der Waals surface area contributed by atoms with E-state index in [2.05, 4.69) is 6.58 Å². The van der Waals surface area contributed by atoms with Crippen LogP contribution in [-0.4, -0.2) is 17.4 Å². The summed E-state index contributed by atoms with van der Waals surface area (Å²) >= 11 is 0. The zero-order valence-corrected chi connectivity index (χ0v) is 15.4. The molecule has 26 heavy (non-hydrogen) atoms. The molecular formula is C21H23FO4. The van der Waals surface area contributed by atoms with Crippen LogP contribution in [0.5, 0.6) is 11.5 Å². The summed E-state index contributed by atoms with van der Waals surface area (Å²) < 4.78 is 24.9. The van der Waals surface area contributed by atoms with Gasteiger partial charge in [-0.15, -0.1) is 0 Å². The molecule has 0 radical (unpaired) electrons. The van der Waals surface area contributed by atoms with Gasteiger partial charge in [-0.1, -0.05) is 18.7 Å². The van der Waals surface area contributed by atoms with Gasteiger partial charge in [0.15, 0.2) is 0 Å². The molecular weight excluding hydrogens is 335 g/mol. The van der Waals surface area contributed by atoms with Crippen LogP contribution in [0.15, 0.2) is 54.6 Å². The van der Waals surface area contributed by atoms with E-state index in [1.807, 2.05) is 0 Å². The molecule has 0 bridgehead atoms. The Balaban J connectivity index is 2.16. The zero-order valence-electron chi connectivity index (χ0n) is 15.4. The van der Waals surface area contributed by atoms with E-state index in [-0.39, 0.29) is 11.7 Å². The highest BCUT2D eigenvalue weighted by atomic mass is 19.1. The summed E-state index contributed by atoms with van der Waals surface area (Å²) in [7, 11) is 0. The first-order valence-electron chi connectivity index (χ1n) is 8.20. The Morgan fingerprint density at radius 3 is 2.19 bits per heavy atom. The van der Waals surface area contributed by atoms with Crippen molar-refractivity contribution in [2.75, 3.05) is 0 Å². The lowest BCUT2D eigenvalue weighted by Crippen LogP contribution is -2.25. The molecule has 0 aromatic heterocycles. The van der Waals surface area contributed by atoms with Gasteiger partial charge in [0.2, 0.25) is 6.29 Å². The Kier molecular flexibility index (Phi) is 5.83. The monoisotopic (exact) mass is 358 g/mol. The van der Waals surface area contributed by atoms with E-state index < -0.39 is 17.5 Å². The van der Waals surface area contributed by atoms with Crippen LogP contribution in [0.2, 0.25) is 0 Å². The molecule has 1 unspecified atom stereocenters. The van der Waals surface area contributed by atoms with E-state index in [1.165, 1.54) is 6.07 Å². The summed E-state index contributed by atoms with van der Waals surface area (Å²) in [5, 5.41) is 9.63. The third-order valence-electron chi connectivity index (χ3n) is 3.60. The fourth-order valence-corrected chi connectivity index (χ4v) is 2.00. The van der Waals surface area contributed by atoms with Crippen molar-refractivity contribution in [1.82, 2.24) is 0 Å². The summed E-state index contributed by atoms with van der Waals surface area (Å²) in [6.45, 7) is 10.5. The normalized spacial score (nSPS) is 12.4. The number of ether oxygens (including phenoxy) is 2. The smallest absolute Gasteiger partial charge is 0.316 e. The molecule has 0 saturated heterocycles. The van der Waals surface area contributed by atoms with Crippen LogP contribution in [0.3, 0.4) is 0 Å². The molecule has 0 heterocycles. The maximum Gasteiger partial charge on any atom is 0.316 e. The number of hydrogen-bond acceptors (Lipinski definition) is 4. The van der Waals surface area contributed by atoms with E-state index in [9.17, 15) is 14.3 Å². The molecule has 1 N–H and O–H groups in total. The molecule has 0 spiro atoms. The van der Waals surface area contributed by atoms with Crippen molar-refractivity contribution >= 4 is 5.97 Å². The van der Waals surface area contributed by atoms with Gasteiger partial charge in [0.1, 0.15) is 17.3 Å². The minimum Gasteiger partial charge on any atom is -0.461 e. The first-order valence-corrected chi connectivity index (χ1v) is 8.20. The Morgan fingerprint density at radius 2 is 1.69 bits per heavy atom. The van der Waals surface area contributed by atoms with Crippen molar-refractivity contribution < 1.29 is 23.8 Å². The van der Waals surface area contributed by atoms with E-state index in [0.29, 0.717) is 22.4 Å². The molecule has 0 aliphatic carbocycles. The number of halogens is 1. The number of aliphatic hydroxyl groups is 1. The third kappa shape index (κ3) is 4.92. The van der Waals surface area contributed by atoms with Crippen LogP contribution < -0.4 is 9.47 Å². The van der Waals surface area contributed by atoms with Crippen molar-refractivity contribution in [2.45, 2.75) is 34.0 Å². The number of hydrogen-bond donors (Lipinski definition) is 1. The van der Waals surface area contributed by atoms with Crippen LogP contribution in [0.1, 0.15) is 27.7 Å². The highest BCUT2D eigenvalue weighted by Crippen LogP contribution is 2.29. The maximum absolute atomic E-state index is 14.4. The molecule has 2 rings (SSSR count). The molecule has 1 atom stereocenters. The van der Waals surface area contributed by atoms with Crippen molar-refractivity contribution in [1.29, 1.82) is 0 Å². The molecule has 5 heteroatoms. The molecule has 2 aromatic carbocycles. The van der Waals surface area contributed by atoms with Crippen LogP contribution >= 0.6 is 0 Å². The van der Waals surface area contributed by atoms with Crippen LogP contribution in [-0.2, 0) is 4.79 Å². The Morgan fingerprint density at radius 1 is 1.12 bits per heavy atom. The second kappa shape index (κ2) is 7.70. The minimum absolute atomic E-state index is 0.206. The number of carbonyl (C=O) groups is 1. The van der Waals surface area contributed by atoms with E-state index >= 15 is 0 Å². The third-order valence-corrected chi connectivity index (χ3v) is 3.60. The van der Waals surface area contributed by atoms with Crippen LogP contribution in [0.25, 0.3) is 11.1 Å². The summed E-state index contributed by atoms with van der Waals surface area (Å²) in [6, 6.07) is 10.9. The second-order valence-corrected chi connectivity index (χ2v) is 7.12. The number of esters is 1. The van der Waals surface area contributed by atoms with Gasteiger partial charge >= 0.3 is 5.97 Å². The van der Waals surface area contributed by atoms with Crippen molar-refractivity contribution in [2.24, 2.45) is 5.41 Å². The predicted molar refractivity (Wildman–Crippen MR) is 98.4 cm³/mol. The van der Waals surface area contributed by atoms with Gasteiger partial charge in [-0.2, -0.15) is 0 Å². The number of aliphatic hydroxyl groups excluding tert-OH is 1. The predicted octanol–water partition coefficient (Wildman–Crippen LogP) is 4.72. The first kappa shape index (κ1) is 19.7. The maximum atomic E-state index is 14.4. The van der Waals surface area contributed by atoms with Gasteiger partial charge in [-0.05, 0) is 63.1 Å². The summed E-state index contributed by atoms with van der Waals surface area (Å²) in [5.74, 6) is -0.221. The standard InChI is InChI=1S/C21H23FO4/c1-13(2)19(23)25-16-10-11-17(18(22)12-16)14-6-8-15(9-7-14)26-20(24)21(3,4)5/h6-12,19,23H,1H2,2-5H3. The van der Waals surface area contributed by atoms with E-state index in [4.69, 9.17) is 9.47 Å². The molecule has 0 fully saturated rings. The van der Waals surface area contributed by atoms with Gasteiger partial charge < -0.3 is 14.6 Å². The van der Waals surface area contributed by atoms with Crippen molar-refractivity contribution in [3.8, 4) is 22.6 Å². The fourth-order valence-electron chi connectivity index (χ4n) is 2.00. The lowest BCUT2D eigenvalue weighted by molar-refractivity contribution is -0.142. The lowest BCUT2D eigenvalue weighted by Gasteiger charge is -2.16. The molecule has 2 aromatic rings. The van der Waals surface area contributed by atoms with Gasteiger partial charge in [0.05, 0.1) is 5.41 Å². The van der Waals surface area contributed by atoms with E-state index in [1.54, 1.807) is 64.1 Å². The summed E-state index contributed by atoms with van der Waals surface area (Å²) in [4.78, 5) is 11.9. The molecule has 0 amide bonds. The molecule has 4 nitrogen and oxygen atoms in total. The highest BCUT2D eigenvalue weighted by Gasteiger charge is 2.23. The summed E-state index contributed by atoms with van der Waals surface area (Å²) in [5.41, 5.74) is 0.824. The van der Waals surface area contributed by atoms with Gasteiger partial charge in [-0.25, -0.2) is 4.39 Å². The lowest BCUT2D eigenvalue weighted by atomic mass is 9.97. The number of carbonyl (C=O) groups excluding carboxylic acids is 1. The fraction of sp³-hybridized carbons (Fsp3) is 0.286. The van der Waals surface area contributed by atoms with Gasteiger partial charge in [0, 0.05) is 11.6 Å². The number of rotatable bonds is 5. The molecule has 138 valence electrons. The quantitative estimate of drug-likeness (QED) is 0.364. The van der Waals surface area contributed by atoms with Crippen LogP contribution in [0, 0.1) is 11.2 Å². The Hall–Kier alpha value is -2.66. The van der Waals surface area contributed by atoms with Gasteiger partial charge in [-0.3, -0.25) is 4.79 Å². The largest absolute Gasteiger partial charge is 0.461 e. The van der Waals surface area contributed by atoms with Crippen molar-refractivity contribution in [3.63, 3.8) is 0 Å². The van der Waals surface area contributed by atoms with E-state index in [0.717, 1.165) is 0 Å². The molecule has 0 aliphatic heterocycles. The van der Waals surface area contributed by atoms with Gasteiger partial charge in [0.25, 0.3) is 0 Å². The average molecular weight is 358 g/mol. The van der Waals surface area contributed by atoms with Crippen molar-refractivity contribution in [3.05, 3.63) is 60.4 Å². The first-order chi connectivity index (χ1) is 12.1. The zero-order chi connectivity index (χ0) is 19.5. The second-order valence-electron chi connectivity index (χ2n) is 7.12. The minimum atomic E-state index is -1.18.